The van der Waals surface area contributed by atoms with Crippen molar-refractivity contribution in [2.45, 2.75) is 33.1 Å². The second-order valence-electron chi connectivity index (χ2n) is 7.51. The number of rotatable bonds is 8. The number of ether oxygens (including phenoxy) is 1. The number of allylic oxidation sites excluding steroid dienone is 1. The monoisotopic (exact) mass is 385 g/mol. The summed E-state index contributed by atoms with van der Waals surface area (Å²) >= 11 is 0. The van der Waals surface area contributed by atoms with Gasteiger partial charge in [0.25, 0.3) is 0 Å². The Hall–Kier alpha value is -2.84. The van der Waals surface area contributed by atoms with E-state index in [2.05, 4.69) is 87.5 Å². The van der Waals surface area contributed by atoms with Gasteiger partial charge in [0.15, 0.2) is 0 Å². The van der Waals surface area contributed by atoms with Crippen LogP contribution in [0, 0.1) is 0 Å². The molecule has 0 unspecified atom stereocenters. The normalized spacial score (nSPS) is 12.0. The van der Waals surface area contributed by atoms with E-state index in [1.807, 2.05) is 12.1 Å². The summed E-state index contributed by atoms with van der Waals surface area (Å²) in [6, 6.07) is 28.0. The number of hydrogen-bond donors (Lipinski definition) is 1. The van der Waals surface area contributed by atoms with Crippen LogP contribution in [0.25, 0.3) is 11.1 Å². The fourth-order valence-corrected chi connectivity index (χ4v) is 3.61. The van der Waals surface area contributed by atoms with Crippen molar-refractivity contribution in [2.24, 2.45) is 5.73 Å². The van der Waals surface area contributed by atoms with E-state index in [0.29, 0.717) is 19.1 Å². The Balaban J connectivity index is 2.10. The molecule has 29 heavy (non-hydrogen) atoms. The minimum Gasteiger partial charge on any atom is -0.492 e. The van der Waals surface area contributed by atoms with E-state index in [4.69, 9.17) is 10.5 Å². The molecule has 3 rings (SSSR count). The highest BCUT2D eigenvalue weighted by atomic mass is 16.5. The molecule has 0 aliphatic rings. The summed E-state index contributed by atoms with van der Waals surface area (Å²) in [7, 11) is 0. The van der Waals surface area contributed by atoms with Crippen LogP contribution in [0.4, 0.5) is 0 Å². The molecule has 0 radical (unpaired) electrons. The van der Waals surface area contributed by atoms with Gasteiger partial charge in [-0.15, -0.1) is 0 Å². The standard InChI is InChI=1S/C27H31NO/c1-4-26(22-12-10-21(11-13-22)20(2)3)27(23-8-6-5-7-9-23)24-14-16-25(17-15-24)29-19-18-28/h5-17,20H,4,18-19,28H2,1-3H3/b27-26-. The molecule has 2 N–H and O–H groups in total. The molecule has 0 spiro atoms. The summed E-state index contributed by atoms with van der Waals surface area (Å²) in [4.78, 5) is 0. The molecule has 0 fully saturated rings. The molecular formula is C27H31NO. The van der Waals surface area contributed by atoms with Gasteiger partial charge in [-0.3, -0.25) is 0 Å². The van der Waals surface area contributed by atoms with Crippen molar-refractivity contribution < 1.29 is 4.74 Å². The summed E-state index contributed by atoms with van der Waals surface area (Å²) in [5.74, 6) is 1.39. The maximum absolute atomic E-state index is 5.66. The first-order valence-electron chi connectivity index (χ1n) is 10.5. The van der Waals surface area contributed by atoms with Gasteiger partial charge in [0.05, 0.1) is 0 Å². The first kappa shape index (κ1) is 20.9. The maximum Gasteiger partial charge on any atom is 0.119 e. The van der Waals surface area contributed by atoms with E-state index >= 15 is 0 Å². The molecule has 2 nitrogen and oxygen atoms in total. The number of hydrogen-bond acceptors (Lipinski definition) is 2. The smallest absolute Gasteiger partial charge is 0.119 e. The average molecular weight is 386 g/mol. The lowest BCUT2D eigenvalue weighted by Gasteiger charge is -2.17. The fraction of sp³-hybridized carbons (Fsp3) is 0.259. The minimum atomic E-state index is 0.517. The molecular weight excluding hydrogens is 354 g/mol. The molecule has 2 heteroatoms. The van der Waals surface area contributed by atoms with Crippen molar-refractivity contribution in [1.82, 2.24) is 0 Å². The first-order chi connectivity index (χ1) is 14.1. The fourth-order valence-electron chi connectivity index (χ4n) is 3.61. The van der Waals surface area contributed by atoms with Gasteiger partial charge in [-0.25, -0.2) is 0 Å². The van der Waals surface area contributed by atoms with Crippen LogP contribution in [-0.2, 0) is 0 Å². The first-order valence-corrected chi connectivity index (χ1v) is 10.5. The van der Waals surface area contributed by atoms with Crippen LogP contribution in [0.2, 0.25) is 0 Å². The zero-order chi connectivity index (χ0) is 20.6. The SMILES string of the molecule is CC/C(=C(\c1ccccc1)c1ccc(OCCN)cc1)c1ccc(C(C)C)cc1. The Kier molecular flexibility index (Phi) is 7.26. The molecule has 0 aliphatic heterocycles. The quantitative estimate of drug-likeness (QED) is 0.448. The van der Waals surface area contributed by atoms with Crippen LogP contribution < -0.4 is 10.5 Å². The second-order valence-corrected chi connectivity index (χ2v) is 7.51. The third-order valence-electron chi connectivity index (χ3n) is 5.17. The van der Waals surface area contributed by atoms with Gasteiger partial charge in [0.2, 0.25) is 0 Å². The van der Waals surface area contributed by atoms with Gasteiger partial charge >= 0.3 is 0 Å². The third-order valence-corrected chi connectivity index (χ3v) is 5.17. The largest absolute Gasteiger partial charge is 0.492 e. The summed E-state index contributed by atoms with van der Waals surface area (Å²) < 4.78 is 5.66. The Morgan fingerprint density at radius 3 is 1.93 bits per heavy atom. The van der Waals surface area contributed by atoms with Crippen LogP contribution in [0.3, 0.4) is 0 Å². The van der Waals surface area contributed by atoms with Crippen molar-refractivity contribution in [2.75, 3.05) is 13.2 Å². The van der Waals surface area contributed by atoms with E-state index in [9.17, 15) is 0 Å². The highest BCUT2D eigenvalue weighted by molar-refractivity contribution is 5.98. The Morgan fingerprint density at radius 2 is 1.38 bits per heavy atom. The van der Waals surface area contributed by atoms with E-state index in [1.165, 1.54) is 33.4 Å². The summed E-state index contributed by atoms with van der Waals surface area (Å²) in [6.45, 7) is 7.74. The van der Waals surface area contributed by atoms with Gasteiger partial charge in [0, 0.05) is 6.54 Å². The molecule has 0 aromatic heterocycles. The molecule has 0 bridgehead atoms. The lowest BCUT2D eigenvalue weighted by atomic mass is 9.87. The van der Waals surface area contributed by atoms with Crippen molar-refractivity contribution in [3.63, 3.8) is 0 Å². The van der Waals surface area contributed by atoms with E-state index in [1.54, 1.807) is 0 Å². The topological polar surface area (TPSA) is 35.2 Å². The lowest BCUT2D eigenvalue weighted by Crippen LogP contribution is -2.10. The Morgan fingerprint density at radius 1 is 0.793 bits per heavy atom. The molecule has 3 aromatic rings. The van der Waals surface area contributed by atoms with Gasteiger partial charge in [0.1, 0.15) is 12.4 Å². The van der Waals surface area contributed by atoms with Crippen LogP contribution >= 0.6 is 0 Å². The molecule has 0 saturated heterocycles. The molecule has 0 aliphatic carbocycles. The van der Waals surface area contributed by atoms with E-state index < -0.39 is 0 Å². The molecule has 0 heterocycles. The molecule has 0 amide bonds. The van der Waals surface area contributed by atoms with Crippen molar-refractivity contribution in [3.05, 3.63) is 101 Å². The lowest BCUT2D eigenvalue weighted by molar-refractivity contribution is 0.328. The molecule has 0 atom stereocenters. The van der Waals surface area contributed by atoms with E-state index in [0.717, 1.165) is 12.2 Å². The van der Waals surface area contributed by atoms with Crippen LogP contribution in [0.5, 0.6) is 5.75 Å². The highest BCUT2D eigenvalue weighted by Crippen LogP contribution is 2.35. The summed E-state index contributed by atoms with van der Waals surface area (Å²) in [5.41, 5.74) is 13.2. The summed E-state index contributed by atoms with van der Waals surface area (Å²) in [5, 5.41) is 0. The minimum absolute atomic E-state index is 0.517. The Labute approximate surface area is 175 Å². The van der Waals surface area contributed by atoms with Crippen LogP contribution in [0.15, 0.2) is 78.9 Å². The zero-order valence-electron chi connectivity index (χ0n) is 17.7. The predicted octanol–water partition coefficient (Wildman–Crippen LogP) is 6.52. The average Bonchev–Trinajstić information content (AvgIpc) is 2.77. The molecule has 0 saturated carbocycles. The Bertz CT molecular complexity index is 923. The van der Waals surface area contributed by atoms with Crippen molar-refractivity contribution in [1.29, 1.82) is 0 Å². The zero-order valence-corrected chi connectivity index (χ0v) is 17.7. The third kappa shape index (κ3) is 5.16. The van der Waals surface area contributed by atoms with Crippen LogP contribution in [0.1, 0.15) is 55.4 Å². The summed E-state index contributed by atoms with van der Waals surface area (Å²) in [6.07, 6.45) is 0.955. The molecule has 3 aromatic carbocycles. The van der Waals surface area contributed by atoms with Gasteiger partial charge in [-0.05, 0) is 57.9 Å². The predicted molar refractivity (Wildman–Crippen MR) is 124 cm³/mol. The number of benzene rings is 3. The number of nitrogens with two attached hydrogens (primary N) is 1. The van der Waals surface area contributed by atoms with Gasteiger partial charge in [-0.2, -0.15) is 0 Å². The molecule has 150 valence electrons. The van der Waals surface area contributed by atoms with Crippen LogP contribution in [-0.4, -0.2) is 13.2 Å². The maximum atomic E-state index is 5.66. The van der Waals surface area contributed by atoms with Crippen molar-refractivity contribution >= 4 is 11.1 Å². The highest BCUT2D eigenvalue weighted by Gasteiger charge is 2.13. The second kappa shape index (κ2) is 10.1. The van der Waals surface area contributed by atoms with Gasteiger partial charge in [-0.1, -0.05) is 87.5 Å². The van der Waals surface area contributed by atoms with Gasteiger partial charge < -0.3 is 10.5 Å². The van der Waals surface area contributed by atoms with Crippen molar-refractivity contribution in [3.8, 4) is 5.75 Å². The van der Waals surface area contributed by atoms with E-state index in [-0.39, 0.29) is 0 Å².